The van der Waals surface area contributed by atoms with E-state index < -0.39 is 5.92 Å². The largest absolute Gasteiger partial charge is 0.351 e. The van der Waals surface area contributed by atoms with Crippen LogP contribution in [0.2, 0.25) is 0 Å². The summed E-state index contributed by atoms with van der Waals surface area (Å²) in [5, 5.41) is 14.5. The van der Waals surface area contributed by atoms with Gasteiger partial charge in [0, 0.05) is 5.39 Å². The Balaban J connectivity index is 1.84. The normalized spacial score (nSPS) is 12.3. The first-order valence-electron chi connectivity index (χ1n) is 7.10. The Hall–Kier alpha value is -2.61. The Morgan fingerprint density at radius 2 is 2.09 bits per heavy atom. The van der Waals surface area contributed by atoms with Crippen LogP contribution in [0.3, 0.4) is 0 Å². The zero-order valence-corrected chi connectivity index (χ0v) is 13.5. The Morgan fingerprint density at radius 3 is 2.78 bits per heavy atom. The molecule has 2 N–H and O–H groups in total. The summed E-state index contributed by atoms with van der Waals surface area (Å²) in [5.41, 5.74) is 1.11. The maximum absolute atomic E-state index is 12.4. The van der Waals surface area contributed by atoms with Crippen molar-refractivity contribution in [3.8, 4) is 0 Å². The summed E-state index contributed by atoms with van der Waals surface area (Å²) in [7, 11) is 0. The van der Waals surface area contributed by atoms with E-state index in [1.807, 2.05) is 13.0 Å². The number of aromatic amines is 1. The van der Waals surface area contributed by atoms with E-state index in [1.165, 1.54) is 11.5 Å². The highest BCUT2D eigenvalue weighted by molar-refractivity contribution is 7.05. The van der Waals surface area contributed by atoms with Gasteiger partial charge in [-0.25, -0.2) is 5.10 Å². The predicted octanol–water partition coefficient (Wildman–Crippen LogP) is 1.50. The molecule has 1 amide bonds. The molecular formula is C15H15N5O2S. The molecule has 0 aliphatic carbocycles. The SMILES string of the molecule is Cc1nnsc1CNC(=O)C(C)c1n[nH]c(=O)c2ccccc12. The number of rotatable bonds is 4. The number of benzene rings is 1. The van der Waals surface area contributed by atoms with Crippen LogP contribution in [0.4, 0.5) is 0 Å². The molecule has 3 aromatic rings. The topological polar surface area (TPSA) is 101 Å². The van der Waals surface area contributed by atoms with Crippen molar-refractivity contribution in [1.82, 2.24) is 25.1 Å². The van der Waals surface area contributed by atoms with Crippen LogP contribution < -0.4 is 10.9 Å². The molecule has 8 heteroatoms. The quantitative estimate of drug-likeness (QED) is 0.755. The van der Waals surface area contributed by atoms with Crippen LogP contribution in [-0.4, -0.2) is 25.7 Å². The van der Waals surface area contributed by atoms with Gasteiger partial charge in [0.05, 0.1) is 34.1 Å². The first kappa shape index (κ1) is 15.3. The standard InChI is InChI=1S/C15H15N5O2S/c1-8(14(21)16-7-12-9(2)17-20-23-12)13-10-5-3-4-6-11(10)15(22)19-18-13/h3-6,8H,7H2,1-2H3,(H,16,21)(H,19,22). The van der Waals surface area contributed by atoms with Crippen LogP contribution in [0.25, 0.3) is 10.8 Å². The number of hydrogen-bond acceptors (Lipinski definition) is 6. The van der Waals surface area contributed by atoms with Gasteiger partial charge in [0.15, 0.2) is 0 Å². The third kappa shape index (κ3) is 2.98. The highest BCUT2D eigenvalue weighted by atomic mass is 32.1. The lowest BCUT2D eigenvalue weighted by molar-refractivity contribution is -0.122. The molecule has 0 saturated carbocycles. The highest BCUT2D eigenvalue weighted by Gasteiger charge is 2.20. The number of aromatic nitrogens is 4. The van der Waals surface area contributed by atoms with E-state index in [1.54, 1.807) is 25.1 Å². The second-order valence-electron chi connectivity index (χ2n) is 5.20. The molecular weight excluding hydrogens is 314 g/mol. The van der Waals surface area contributed by atoms with Crippen molar-refractivity contribution in [3.63, 3.8) is 0 Å². The molecule has 7 nitrogen and oxygen atoms in total. The summed E-state index contributed by atoms with van der Waals surface area (Å²) in [6.45, 7) is 4.00. The van der Waals surface area contributed by atoms with Crippen molar-refractivity contribution < 1.29 is 4.79 Å². The van der Waals surface area contributed by atoms with Crippen molar-refractivity contribution in [2.75, 3.05) is 0 Å². The smallest absolute Gasteiger partial charge is 0.272 e. The van der Waals surface area contributed by atoms with E-state index in [4.69, 9.17) is 0 Å². The van der Waals surface area contributed by atoms with Gasteiger partial charge < -0.3 is 5.32 Å². The van der Waals surface area contributed by atoms with Crippen molar-refractivity contribution in [1.29, 1.82) is 0 Å². The van der Waals surface area contributed by atoms with Crippen LogP contribution in [0.1, 0.15) is 29.1 Å². The van der Waals surface area contributed by atoms with E-state index in [0.717, 1.165) is 10.6 Å². The Bertz CT molecular complexity index is 917. The second-order valence-corrected chi connectivity index (χ2v) is 6.04. The maximum atomic E-state index is 12.4. The van der Waals surface area contributed by atoms with Gasteiger partial charge in [-0.3, -0.25) is 9.59 Å². The predicted molar refractivity (Wildman–Crippen MR) is 87.3 cm³/mol. The number of nitrogens with one attached hydrogen (secondary N) is 2. The maximum Gasteiger partial charge on any atom is 0.272 e. The molecule has 118 valence electrons. The summed E-state index contributed by atoms with van der Waals surface area (Å²) in [6, 6.07) is 7.12. The summed E-state index contributed by atoms with van der Waals surface area (Å²) in [6.07, 6.45) is 0. The molecule has 0 bridgehead atoms. The monoisotopic (exact) mass is 329 g/mol. The van der Waals surface area contributed by atoms with E-state index in [-0.39, 0.29) is 11.5 Å². The molecule has 1 unspecified atom stereocenters. The van der Waals surface area contributed by atoms with E-state index in [2.05, 4.69) is 25.1 Å². The Kier molecular flexibility index (Phi) is 4.16. The van der Waals surface area contributed by atoms with Crippen LogP contribution >= 0.6 is 11.5 Å². The molecule has 0 radical (unpaired) electrons. The number of fused-ring (bicyclic) bond motifs is 1. The van der Waals surface area contributed by atoms with Gasteiger partial charge in [0.25, 0.3) is 5.56 Å². The minimum atomic E-state index is -0.488. The van der Waals surface area contributed by atoms with E-state index in [9.17, 15) is 9.59 Å². The van der Waals surface area contributed by atoms with Crippen LogP contribution in [0.5, 0.6) is 0 Å². The molecule has 0 aliphatic rings. The molecule has 2 aromatic heterocycles. The van der Waals surface area contributed by atoms with Gasteiger partial charge in [0.1, 0.15) is 0 Å². The van der Waals surface area contributed by atoms with Crippen molar-refractivity contribution >= 4 is 28.2 Å². The van der Waals surface area contributed by atoms with Crippen molar-refractivity contribution in [3.05, 3.63) is 50.9 Å². The van der Waals surface area contributed by atoms with Crippen LogP contribution in [0, 0.1) is 6.92 Å². The molecule has 2 heterocycles. The first-order chi connectivity index (χ1) is 11.1. The van der Waals surface area contributed by atoms with Gasteiger partial charge in [0.2, 0.25) is 5.91 Å². The average molecular weight is 329 g/mol. The lowest BCUT2D eigenvalue weighted by Crippen LogP contribution is -2.28. The molecule has 1 aromatic carbocycles. The fraction of sp³-hybridized carbons (Fsp3) is 0.267. The summed E-state index contributed by atoms with van der Waals surface area (Å²) >= 11 is 1.26. The van der Waals surface area contributed by atoms with Crippen LogP contribution in [-0.2, 0) is 11.3 Å². The van der Waals surface area contributed by atoms with Crippen molar-refractivity contribution in [2.24, 2.45) is 0 Å². The van der Waals surface area contributed by atoms with Gasteiger partial charge in [-0.15, -0.1) is 5.10 Å². The fourth-order valence-corrected chi connectivity index (χ4v) is 2.90. The van der Waals surface area contributed by atoms with Crippen LogP contribution in [0.15, 0.2) is 29.1 Å². The summed E-state index contributed by atoms with van der Waals surface area (Å²) in [4.78, 5) is 25.1. The number of carbonyl (C=O) groups excluding carboxylic acids is 1. The average Bonchev–Trinajstić information content (AvgIpc) is 2.98. The van der Waals surface area contributed by atoms with Gasteiger partial charge >= 0.3 is 0 Å². The number of nitrogens with zero attached hydrogens (tertiary/aromatic N) is 3. The lowest BCUT2D eigenvalue weighted by atomic mass is 10.0. The Morgan fingerprint density at radius 1 is 1.35 bits per heavy atom. The summed E-state index contributed by atoms with van der Waals surface area (Å²) < 4.78 is 3.84. The minimum Gasteiger partial charge on any atom is -0.351 e. The first-order valence-corrected chi connectivity index (χ1v) is 7.88. The van der Waals surface area contributed by atoms with Crippen molar-refractivity contribution in [2.45, 2.75) is 26.3 Å². The molecule has 1 atom stereocenters. The van der Waals surface area contributed by atoms with Gasteiger partial charge in [-0.05, 0) is 31.4 Å². The molecule has 3 rings (SSSR count). The summed E-state index contributed by atoms with van der Waals surface area (Å²) in [5.74, 6) is -0.652. The van der Waals surface area contributed by atoms with Gasteiger partial charge in [-0.1, -0.05) is 22.7 Å². The zero-order valence-electron chi connectivity index (χ0n) is 12.7. The number of hydrogen-bond donors (Lipinski definition) is 2. The fourth-order valence-electron chi connectivity index (χ4n) is 2.32. The number of amides is 1. The molecule has 23 heavy (non-hydrogen) atoms. The highest BCUT2D eigenvalue weighted by Crippen LogP contribution is 2.21. The molecule has 0 saturated heterocycles. The minimum absolute atomic E-state index is 0.164. The van der Waals surface area contributed by atoms with E-state index >= 15 is 0 Å². The van der Waals surface area contributed by atoms with Gasteiger partial charge in [-0.2, -0.15) is 5.10 Å². The lowest BCUT2D eigenvalue weighted by Gasteiger charge is -2.13. The number of H-pyrrole nitrogens is 1. The molecule has 0 aliphatic heterocycles. The number of carbonyl (C=O) groups is 1. The third-order valence-electron chi connectivity index (χ3n) is 3.70. The number of aryl methyl sites for hydroxylation is 1. The second kappa shape index (κ2) is 6.25. The zero-order chi connectivity index (χ0) is 16.4. The Labute approximate surface area is 135 Å². The molecule has 0 fully saturated rings. The molecule has 0 spiro atoms. The third-order valence-corrected chi connectivity index (χ3v) is 4.52. The van der Waals surface area contributed by atoms with E-state index in [0.29, 0.717) is 23.0 Å².